The van der Waals surface area contributed by atoms with Crippen molar-refractivity contribution in [2.24, 2.45) is 0 Å². The molecule has 41 heavy (non-hydrogen) atoms. The fourth-order valence-corrected chi connectivity index (χ4v) is 8.45. The van der Waals surface area contributed by atoms with Crippen molar-refractivity contribution in [1.82, 2.24) is 14.5 Å². The van der Waals surface area contributed by atoms with Crippen molar-refractivity contribution in [1.29, 1.82) is 0 Å². The Morgan fingerprint density at radius 2 is 1.76 bits per heavy atom. The molecule has 0 spiro atoms. The Morgan fingerprint density at radius 3 is 2.66 bits per heavy atom. The van der Waals surface area contributed by atoms with Crippen LogP contribution >= 0.6 is 19.7 Å². The summed E-state index contributed by atoms with van der Waals surface area (Å²) in [4.78, 5) is 14.3. The van der Waals surface area contributed by atoms with Crippen LogP contribution in [0.1, 0.15) is 6.92 Å². The Kier molecular flexibility index (Phi) is 6.58. The van der Waals surface area contributed by atoms with Crippen LogP contribution < -0.4 is 20.2 Å². The summed E-state index contributed by atoms with van der Waals surface area (Å²) >= 11 is 1.73. The second kappa shape index (κ2) is 10.3. The first-order chi connectivity index (χ1) is 19.7. The van der Waals surface area contributed by atoms with Crippen molar-refractivity contribution in [3.8, 4) is 17.3 Å². The molecule has 0 radical (unpaired) electrons. The van der Waals surface area contributed by atoms with E-state index in [-0.39, 0.29) is 21.1 Å². The minimum Gasteiger partial charge on any atom is -0.515 e. The van der Waals surface area contributed by atoms with E-state index in [1.54, 1.807) is 11.8 Å². The van der Waals surface area contributed by atoms with Gasteiger partial charge in [0.1, 0.15) is 17.2 Å². The molecule has 2 aliphatic heterocycles. The average molecular weight is 748 g/mol. The zero-order chi connectivity index (χ0) is 26.8. The molecular weight excluding hydrogens is 727 g/mol. The van der Waals surface area contributed by atoms with E-state index >= 15 is 0 Å². The number of hydrogen-bond donors (Lipinski definition) is 0. The van der Waals surface area contributed by atoms with Gasteiger partial charge in [-0.3, -0.25) is 4.57 Å². The van der Waals surface area contributed by atoms with Crippen LogP contribution in [0.25, 0.3) is 16.9 Å². The second-order valence-electron chi connectivity index (χ2n) is 9.60. The number of aromatic nitrogens is 3. The van der Waals surface area contributed by atoms with E-state index in [2.05, 4.69) is 76.6 Å². The Hall–Kier alpha value is -3.69. The van der Waals surface area contributed by atoms with Gasteiger partial charge in [-0.1, -0.05) is 67.9 Å². The number of benzene rings is 3. The van der Waals surface area contributed by atoms with Crippen LogP contribution in [0.4, 0.5) is 17.2 Å². The predicted molar refractivity (Wildman–Crippen MR) is 163 cm³/mol. The third-order valence-corrected chi connectivity index (χ3v) is 10.5. The normalized spacial score (nSPS) is 14.7. The molecule has 5 nitrogen and oxygen atoms in total. The van der Waals surface area contributed by atoms with Crippen molar-refractivity contribution in [2.75, 3.05) is 4.90 Å². The predicted octanol–water partition coefficient (Wildman–Crippen LogP) is 8.03. The van der Waals surface area contributed by atoms with Crippen LogP contribution in [0, 0.1) is 12.6 Å². The van der Waals surface area contributed by atoms with Gasteiger partial charge in [-0.15, -0.1) is 18.2 Å². The van der Waals surface area contributed by atoms with Gasteiger partial charge >= 0.3 is 21.1 Å². The summed E-state index contributed by atoms with van der Waals surface area (Å²) < 4.78 is 8.35. The summed E-state index contributed by atoms with van der Waals surface area (Å²) in [5.41, 5.74) is 2.83. The maximum atomic E-state index is 6.53. The molecule has 8 heteroatoms. The Labute approximate surface area is 257 Å². The van der Waals surface area contributed by atoms with E-state index in [0.717, 1.165) is 71.3 Å². The molecule has 5 heterocycles. The van der Waals surface area contributed by atoms with E-state index in [0.29, 0.717) is 0 Å². The summed E-state index contributed by atoms with van der Waals surface area (Å²) in [6.07, 6.45) is 3.83. The quantitative estimate of drug-likeness (QED) is 0.135. The molecule has 0 N–H and O–H groups in total. The largest absolute Gasteiger partial charge is 2.00 e. The van der Waals surface area contributed by atoms with Crippen LogP contribution in [0.2, 0.25) is 0 Å². The van der Waals surface area contributed by atoms with E-state index < -0.39 is 7.92 Å². The summed E-state index contributed by atoms with van der Waals surface area (Å²) in [6.45, 7) is 8.52. The molecule has 0 bridgehead atoms. The fraction of sp³-hybridized carbons (Fsp3) is 0.0303. The topological polar surface area (TPSA) is 43.2 Å². The molecule has 0 fully saturated rings. The molecule has 0 aliphatic carbocycles. The van der Waals surface area contributed by atoms with Crippen LogP contribution in [0.5, 0.6) is 11.5 Å². The summed E-state index contributed by atoms with van der Waals surface area (Å²) in [6, 6.07) is 34.7. The molecule has 1 unspecified atom stereocenters. The number of anilines is 3. The van der Waals surface area contributed by atoms with Gasteiger partial charge in [-0.25, -0.2) is 15.3 Å². The standard InChI is InChI=1S/C33H21N4OPS.Pt/c1-21(2)39-27-11-5-4-10-25(27)38-26-14-13-23(20-28(26)39)37-24-9-3-6-12-29(24)40-30-15-16-31(35-33(30)37)36-19-17-22-8-7-18-34-32(22)36;/h1,3-19H,2H3;/q-2;+2. The minimum absolute atomic E-state index is 0. The van der Waals surface area contributed by atoms with Crippen molar-refractivity contribution >= 4 is 58.5 Å². The Bertz CT molecular complexity index is 1990. The molecule has 3 aromatic carbocycles. The van der Waals surface area contributed by atoms with E-state index in [1.165, 1.54) is 0 Å². The van der Waals surface area contributed by atoms with Gasteiger partial charge < -0.3 is 16.2 Å². The van der Waals surface area contributed by atoms with E-state index in [9.17, 15) is 0 Å². The van der Waals surface area contributed by atoms with Gasteiger partial charge in [0.2, 0.25) is 0 Å². The molecular formula is C33H21N4OPPtS. The molecule has 3 aromatic heterocycles. The number of hydrogen-bond acceptors (Lipinski definition) is 5. The number of fused-ring (bicyclic) bond motifs is 5. The van der Waals surface area contributed by atoms with Crippen molar-refractivity contribution in [2.45, 2.75) is 16.7 Å². The Balaban J connectivity index is 0.00000276. The van der Waals surface area contributed by atoms with Gasteiger partial charge in [0, 0.05) is 33.7 Å². The summed E-state index contributed by atoms with van der Waals surface area (Å²) in [5, 5.41) is 4.03. The zero-order valence-electron chi connectivity index (χ0n) is 21.8. The van der Waals surface area contributed by atoms with Gasteiger partial charge in [-0.05, 0) is 48.5 Å². The van der Waals surface area contributed by atoms with Crippen LogP contribution in [0.15, 0.2) is 118 Å². The number of allylic oxidation sites excluding steroid dienone is 1. The van der Waals surface area contributed by atoms with Crippen LogP contribution in [0.3, 0.4) is 0 Å². The van der Waals surface area contributed by atoms with Crippen molar-refractivity contribution < 1.29 is 25.8 Å². The Morgan fingerprint density at radius 1 is 0.902 bits per heavy atom. The zero-order valence-corrected chi connectivity index (χ0v) is 25.7. The second-order valence-corrected chi connectivity index (χ2v) is 13.0. The summed E-state index contributed by atoms with van der Waals surface area (Å²) in [7, 11) is -0.941. The average Bonchev–Trinajstić information content (AvgIpc) is 3.42. The third kappa shape index (κ3) is 4.25. The number of pyridine rings is 2. The van der Waals surface area contributed by atoms with Gasteiger partial charge in [-0.2, -0.15) is 0 Å². The van der Waals surface area contributed by atoms with E-state index in [1.807, 2.05) is 54.2 Å². The smallest absolute Gasteiger partial charge is 0.515 e. The molecule has 6 aromatic rings. The molecule has 0 saturated carbocycles. The maximum Gasteiger partial charge on any atom is 2.00 e. The molecule has 0 saturated heterocycles. The van der Waals surface area contributed by atoms with Gasteiger partial charge in [0.05, 0.1) is 10.6 Å². The molecule has 2 aliphatic rings. The molecule has 200 valence electrons. The number of ether oxygens (including phenoxy) is 1. The fourth-order valence-electron chi connectivity index (χ4n) is 5.33. The van der Waals surface area contributed by atoms with Crippen LogP contribution in [-0.2, 0) is 21.1 Å². The molecule has 1 atom stereocenters. The molecule has 8 rings (SSSR count). The monoisotopic (exact) mass is 747 g/mol. The SMILES string of the molecule is [CH-]=C(C)P1c2[c-]c(N3c4ccccc4Sc4ccc(-n5ccc6cccnc65)nc43)ccc2Oc2ccccc21.[Pt+2]. The van der Waals surface area contributed by atoms with Crippen molar-refractivity contribution in [3.63, 3.8) is 0 Å². The minimum atomic E-state index is -0.941. The van der Waals surface area contributed by atoms with Crippen LogP contribution in [-0.4, -0.2) is 14.5 Å². The van der Waals surface area contributed by atoms with E-state index in [4.69, 9.17) is 16.3 Å². The summed E-state index contributed by atoms with van der Waals surface area (Å²) in [5.74, 6) is 3.31. The first kappa shape index (κ1) is 26.2. The third-order valence-electron chi connectivity index (χ3n) is 7.07. The first-order valence-corrected chi connectivity index (χ1v) is 15.0. The first-order valence-electron chi connectivity index (χ1n) is 12.9. The van der Waals surface area contributed by atoms with Gasteiger partial charge in [0.15, 0.2) is 5.82 Å². The number of nitrogens with zero attached hydrogens (tertiary/aromatic N) is 4. The van der Waals surface area contributed by atoms with Crippen molar-refractivity contribution in [3.05, 3.63) is 121 Å². The number of para-hydroxylation sites is 2. The van der Waals surface area contributed by atoms with Gasteiger partial charge in [0.25, 0.3) is 0 Å². The molecule has 0 amide bonds. The maximum absolute atomic E-state index is 6.53. The number of rotatable bonds is 3.